The molecule has 0 saturated carbocycles. The molecule has 1 heterocycles. The van der Waals surface area contributed by atoms with Crippen LogP contribution in [0.4, 0.5) is 74.6 Å². The predicted molar refractivity (Wildman–Crippen MR) is 189 cm³/mol. The third kappa shape index (κ3) is 11.4. The Hall–Kier alpha value is -3.74. The standard InChI is InChI=1S/C40H43F17O7/c1-32(2,3)31(59)64-29-28(62-23-25-17-11-8-12-18-25)27(61-22-24-15-9-7-10-16-24)26(21-58)63-30(29)60-20-14-6-4-5-13-19-33(41,42)34(43,44)35(45,46)36(47,48)37(49,50)38(51,52)39(53,54)40(55,56)57/h4-5,7-12,15-18,26-30,58H,6,13-14,19-23H2,1-3H3/b5-4-/t26-,27-,28+,29-,30-/m1/s1. The second kappa shape index (κ2) is 20.4. The molecule has 24 heteroatoms. The largest absolute Gasteiger partial charge is 0.460 e. The number of carbonyl (C=O) groups is 1. The van der Waals surface area contributed by atoms with Crippen LogP contribution in [0.15, 0.2) is 72.8 Å². The maximum Gasteiger partial charge on any atom is 0.460 e. The Morgan fingerprint density at radius 2 is 1.03 bits per heavy atom. The second-order valence-electron chi connectivity index (χ2n) is 15.5. The number of unbranched alkanes of at least 4 members (excludes halogenated alkanes) is 1. The van der Waals surface area contributed by atoms with Crippen LogP contribution in [0, 0.1) is 5.41 Å². The number of allylic oxidation sites excluding steroid dienone is 2. The molecule has 1 aliphatic heterocycles. The number of esters is 1. The van der Waals surface area contributed by atoms with Crippen LogP contribution < -0.4 is 0 Å². The summed E-state index contributed by atoms with van der Waals surface area (Å²) in [7, 11) is 0. The molecule has 1 saturated heterocycles. The zero-order valence-electron chi connectivity index (χ0n) is 33.8. The molecule has 1 aliphatic rings. The van der Waals surface area contributed by atoms with Gasteiger partial charge in [0.2, 0.25) is 0 Å². The minimum absolute atomic E-state index is 0.00540. The SMILES string of the molecule is CC(C)(C)C(=O)O[C@H]1[C@H](OCCC/C=C\CCC(F)(F)C(F)(F)C(F)(F)C(F)(F)C(F)(F)C(F)(F)C(F)(F)C(F)(F)F)O[C@H](CO)[C@@H](OCc2ccccc2)[C@@H]1OCc1ccccc1. The number of hydrogen-bond acceptors (Lipinski definition) is 7. The monoisotopic (exact) mass is 958 g/mol. The van der Waals surface area contributed by atoms with E-state index in [9.17, 15) is 84.5 Å². The van der Waals surface area contributed by atoms with E-state index in [0.717, 1.165) is 11.6 Å². The highest BCUT2D eigenvalue weighted by molar-refractivity contribution is 5.75. The molecule has 1 N–H and O–H groups in total. The van der Waals surface area contributed by atoms with Gasteiger partial charge in [0.15, 0.2) is 12.4 Å². The third-order valence-corrected chi connectivity index (χ3v) is 9.57. The Balaban J connectivity index is 1.74. The van der Waals surface area contributed by atoms with Crippen molar-refractivity contribution < 1.29 is 108 Å². The van der Waals surface area contributed by atoms with Crippen LogP contribution in [0.25, 0.3) is 0 Å². The smallest absolute Gasteiger partial charge is 0.454 e. The summed E-state index contributed by atoms with van der Waals surface area (Å²) < 4.78 is 261. The molecule has 364 valence electrons. The number of halogens is 17. The summed E-state index contributed by atoms with van der Waals surface area (Å²) in [6, 6.07) is 17.5. The molecule has 7 nitrogen and oxygen atoms in total. The fraction of sp³-hybridized carbons (Fsp3) is 0.625. The highest BCUT2D eigenvalue weighted by atomic mass is 19.4. The van der Waals surface area contributed by atoms with Crippen molar-refractivity contribution in [3.63, 3.8) is 0 Å². The van der Waals surface area contributed by atoms with Gasteiger partial charge in [0, 0.05) is 6.42 Å². The Kier molecular flexibility index (Phi) is 17.4. The van der Waals surface area contributed by atoms with Gasteiger partial charge >= 0.3 is 53.6 Å². The molecule has 2 aromatic rings. The lowest BCUT2D eigenvalue weighted by Crippen LogP contribution is -2.74. The van der Waals surface area contributed by atoms with Crippen molar-refractivity contribution >= 4 is 5.97 Å². The molecule has 64 heavy (non-hydrogen) atoms. The number of rotatable bonds is 22. The Bertz CT molecular complexity index is 1800. The maximum absolute atomic E-state index is 14.3. The summed E-state index contributed by atoms with van der Waals surface area (Å²) in [5.74, 6) is -57.4. The lowest BCUT2D eigenvalue weighted by molar-refractivity contribution is -0.461. The zero-order chi connectivity index (χ0) is 48.8. The van der Waals surface area contributed by atoms with E-state index < -0.39 is 109 Å². The minimum atomic E-state index is -8.69. The highest BCUT2D eigenvalue weighted by Crippen LogP contribution is 2.64. The summed E-state index contributed by atoms with van der Waals surface area (Å²) in [4.78, 5) is 13.2. The van der Waals surface area contributed by atoms with E-state index in [0.29, 0.717) is 11.6 Å². The van der Waals surface area contributed by atoms with Crippen LogP contribution in [0.5, 0.6) is 0 Å². The quantitative estimate of drug-likeness (QED) is 0.0545. The molecule has 0 bridgehead atoms. The van der Waals surface area contributed by atoms with Crippen molar-refractivity contribution in [3.8, 4) is 0 Å². The van der Waals surface area contributed by atoms with Crippen LogP contribution in [0.1, 0.15) is 57.6 Å². The lowest BCUT2D eigenvalue weighted by atomic mass is 9.88. The average Bonchev–Trinajstić information content (AvgIpc) is 3.20. The van der Waals surface area contributed by atoms with E-state index in [2.05, 4.69) is 0 Å². The molecule has 2 aromatic carbocycles. The van der Waals surface area contributed by atoms with Crippen LogP contribution in [-0.4, -0.2) is 103 Å². The van der Waals surface area contributed by atoms with Gasteiger partial charge < -0.3 is 28.8 Å². The lowest BCUT2D eigenvalue weighted by Gasteiger charge is -2.45. The maximum atomic E-state index is 14.3. The van der Waals surface area contributed by atoms with Crippen LogP contribution in [-0.2, 0) is 41.7 Å². The first-order valence-electron chi connectivity index (χ1n) is 19.0. The Labute approximate surface area is 354 Å². The minimum Gasteiger partial charge on any atom is -0.454 e. The van der Waals surface area contributed by atoms with E-state index in [1.54, 1.807) is 81.4 Å². The molecule has 5 atom stereocenters. The van der Waals surface area contributed by atoms with E-state index in [4.69, 9.17) is 23.7 Å². The van der Waals surface area contributed by atoms with Gasteiger partial charge in [0.25, 0.3) is 0 Å². The number of hydrogen-bond donors (Lipinski definition) is 1. The van der Waals surface area contributed by atoms with Gasteiger partial charge in [-0.1, -0.05) is 72.8 Å². The summed E-state index contributed by atoms with van der Waals surface area (Å²) in [6.45, 7) is 3.59. The molecule has 0 aromatic heterocycles. The number of aliphatic hydroxyl groups excluding tert-OH is 1. The number of aliphatic hydroxyl groups is 1. The fourth-order valence-electron chi connectivity index (χ4n) is 5.76. The van der Waals surface area contributed by atoms with Crippen molar-refractivity contribution in [2.75, 3.05) is 13.2 Å². The van der Waals surface area contributed by atoms with Gasteiger partial charge in [0.1, 0.15) is 18.3 Å². The molecular weight excluding hydrogens is 915 g/mol. The summed E-state index contributed by atoms with van der Waals surface area (Å²) in [6.07, 6.45) is -16.9. The number of alkyl halides is 17. The van der Waals surface area contributed by atoms with Crippen molar-refractivity contribution in [2.24, 2.45) is 5.41 Å². The van der Waals surface area contributed by atoms with Crippen molar-refractivity contribution in [1.82, 2.24) is 0 Å². The molecule has 0 radical (unpaired) electrons. The topological polar surface area (TPSA) is 83.5 Å². The number of ether oxygens (including phenoxy) is 5. The van der Waals surface area contributed by atoms with E-state index in [-0.39, 0.29) is 32.7 Å². The first kappa shape index (κ1) is 54.6. The zero-order valence-corrected chi connectivity index (χ0v) is 33.8. The Morgan fingerprint density at radius 1 is 0.594 bits per heavy atom. The molecule has 0 spiro atoms. The normalized spacial score (nSPS) is 21.4. The van der Waals surface area contributed by atoms with Gasteiger partial charge in [-0.25, -0.2) is 0 Å². The van der Waals surface area contributed by atoms with Crippen molar-refractivity contribution in [1.29, 1.82) is 0 Å². The Morgan fingerprint density at radius 3 is 1.48 bits per heavy atom. The first-order chi connectivity index (χ1) is 29.2. The van der Waals surface area contributed by atoms with Crippen LogP contribution in [0.2, 0.25) is 0 Å². The van der Waals surface area contributed by atoms with Gasteiger partial charge in [-0.3, -0.25) is 4.79 Å². The third-order valence-electron chi connectivity index (χ3n) is 9.57. The van der Waals surface area contributed by atoms with E-state index in [1.165, 1.54) is 0 Å². The molecule has 3 rings (SSSR count). The summed E-state index contributed by atoms with van der Waals surface area (Å²) in [5.41, 5.74) is 0.324. The summed E-state index contributed by atoms with van der Waals surface area (Å²) >= 11 is 0. The van der Waals surface area contributed by atoms with Crippen molar-refractivity contribution in [3.05, 3.63) is 83.9 Å². The fourth-order valence-corrected chi connectivity index (χ4v) is 5.76. The van der Waals surface area contributed by atoms with Gasteiger partial charge in [-0.15, -0.1) is 0 Å². The van der Waals surface area contributed by atoms with Gasteiger partial charge in [0.05, 0.1) is 31.8 Å². The van der Waals surface area contributed by atoms with E-state index >= 15 is 0 Å². The molecular formula is C40H43F17O7. The highest BCUT2D eigenvalue weighted by Gasteiger charge is 2.95. The number of carbonyl (C=O) groups excluding carboxylic acids is 1. The predicted octanol–water partition coefficient (Wildman–Crippen LogP) is 11.0. The first-order valence-corrected chi connectivity index (χ1v) is 19.0. The second-order valence-corrected chi connectivity index (χ2v) is 15.5. The van der Waals surface area contributed by atoms with Gasteiger partial charge in [-0.05, 0) is 51.2 Å². The van der Waals surface area contributed by atoms with E-state index in [1.807, 2.05) is 0 Å². The van der Waals surface area contributed by atoms with Gasteiger partial charge in [-0.2, -0.15) is 74.6 Å². The molecule has 1 fully saturated rings. The average molecular weight is 959 g/mol. The number of benzene rings is 2. The molecule has 0 unspecified atom stereocenters. The summed E-state index contributed by atoms with van der Waals surface area (Å²) in [5, 5.41) is 10.3. The van der Waals surface area contributed by atoms with Crippen LogP contribution >= 0.6 is 0 Å². The van der Waals surface area contributed by atoms with Crippen LogP contribution in [0.3, 0.4) is 0 Å². The molecule has 0 amide bonds. The molecule has 0 aliphatic carbocycles. The van der Waals surface area contributed by atoms with Crippen molar-refractivity contribution in [2.45, 2.75) is 138 Å².